The van der Waals surface area contributed by atoms with Crippen molar-refractivity contribution in [2.24, 2.45) is 0 Å². The summed E-state index contributed by atoms with van der Waals surface area (Å²) in [7, 11) is 0. The van der Waals surface area contributed by atoms with Gasteiger partial charge in [0.25, 0.3) is 0 Å². The van der Waals surface area contributed by atoms with Crippen LogP contribution in [0.2, 0.25) is 0 Å². The van der Waals surface area contributed by atoms with E-state index in [1.54, 1.807) is 6.92 Å². The number of aliphatic hydroxyl groups is 2. The van der Waals surface area contributed by atoms with Gasteiger partial charge in [-0.05, 0) is 38.4 Å². The second-order valence-corrected chi connectivity index (χ2v) is 6.29. The van der Waals surface area contributed by atoms with Gasteiger partial charge in [0.05, 0.1) is 11.2 Å². The number of aliphatic hydroxyl groups excluding tert-OH is 1. The first-order valence-corrected chi connectivity index (χ1v) is 7.59. The largest absolute Gasteiger partial charge is 0.490 e. The number of hydrogen-bond acceptors (Lipinski definition) is 4. The van der Waals surface area contributed by atoms with Crippen LogP contribution < -0.4 is 4.74 Å². The number of benzene rings is 1. The van der Waals surface area contributed by atoms with Gasteiger partial charge in [0.1, 0.15) is 18.5 Å². The van der Waals surface area contributed by atoms with Crippen LogP contribution in [-0.2, 0) is 6.18 Å². The molecule has 23 heavy (non-hydrogen) atoms. The highest BCUT2D eigenvalue weighted by molar-refractivity contribution is 5.35. The molecule has 2 rings (SSSR count). The van der Waals surface area contributed by atoms with Crippen molar-refractivity contribution in [1.29, 1.82) is 0 Å². The molecule has 1 fully saturated rings. The first-order valence-electron chi connectivity index (χ1n) is 7.59. The van der Waals surface area contributed by atoms with Gasteiger partial charge in [-0.15, -0.1) is 0 Å². The van der Waals surface area contributed by atoms with Crippen LogP contribution in [-0.4, -0.2) is 53.1 Å². The minimum Gasteiger partial charge on any atom is -0.490 e. The van der Waals surface area contributed by atoms with Gasteiger partial charge in [0.15, 0.2) is 0 Å². The number of piperidine rings is 1. The van der Waals surface area contributed by atoms with Gasteiger partial charge >= 0.3 is 6.18 Å². The molecule has 1 aromatic rings. The molecule has 7 heteroatoms. The van der Waals surface area contributed by atoms with Crippen LogP contribution in [0, 0.1) is 0 Å². The van der Waals surface area contributed by atoms with Gasteiger partial charge in [-0.25, -0.2) is 0 Å². The monoisotopic (exact) mass is 333 g/mol. The third-order valence-electron chi connectivity index (χ3n) is 3.85. The lowest BCUT2D eigenvalue weighted by Crippen LogP contribution is -2.49. The van der Waals surface area contributed by atoms with E-state index in [0.29, 0.717) is 13.0 Å². The van der Waals surface area contributed by atoms with Gasteiger partial charge < -0.3 is 14.9 Å². The van der Waals surface area contributed by atoms with E-state index < -0.39 is 23.4 Å². The first kappa shape index (κ1) is 18.0. The lowest BCUT2D eigenvalue weighted by Gasteiger charge is -2.37. The van der Waals surface area contributed by atoms with Crippen molar-refractivity contribution in [2.45, 2.75) is 37.6 Å². The third kappa shape index (κ3) is 5.37. The Balaban J connectivity index is 1.89. The zero-order valence-corrected chi connectivity index (χ0v) is 13.0. The topological polar surface area (TPSA) is 52.9 Å². The average molecular weight is 333 g/mol. The van der Waals surface area contributed by atoms with Crippen LogP contribution in [0.4, 0.5) is 13.2 Å². The summed E-state index contributed by atoms with van der Waals surface area (Å²) in [6, 6.07) is 4.94. The minimum absolute atomic E-state index is 0.230. The molecule has 2 N–H and O–H groups in total. The Hall–Kier alpha value is -1.31. The molecule has 130 valence electrons. The zero-order valence-electron chi connectivity index (χ0n) is 13.0. The van der Waals surface area contributed by atoms with Crippen molar-refractivity contribution >= 4 is 0 Å². The van der Waals surface area contributed by atoms with Gasteiger partial charge in [-0.2, -0.15) is 13.2 Å². The highest BCUT2D eigenvalue weighted by Crippen LogP contribution is 2.35. The molecule has 0 aromatic heterocycles. The average Bonchev–Trinajstić information content (AvgIpc) is 2.43. The normalized spacial score (nSPS) is 24.4. The van der Waals surface area contributed by atoms with Gasteiger partial charge in [-0.3, -0.25) is 4.90 Å². The summed E-state index contributed by atoms with van der Waals surface area (Å²) in [5.41, 5.74) is -1.64. The molecule has 1 heterocycles. The van der Waals surface area contributed by atoms with E-state index in [-0.39, 0.29) is 18.9 Å². The second-order valence-electron chi connectivity index (χ2n) is 6.29. The van der Waals surface area contributed by atoms with Crippen molar-refractivity contribution in [3.05, 3.63) is 29.8 Å². The van der Waals surface area contributed by atoms with Gasteiger partial charge in [0.2, 0.25) is 0 Å². The predicted octanol–water partition coefficient (Wildman–Crippen LogP) is 2.29. The van der Waals surface area contributed by atoms with Crippen LogP contribution >= 0.6 is 0 Å². The summed E-state index contributed by atoms with van der Waals surface area (Å²) in [4.78, 5) is 1.90. The van der Waals surface area contributed by atoms with E-state index in [9.17, 15) is 23.4 Å². The van der Waals surface area contributed by atoms with Crippen LogP contribution in [0.3, 0.4) is 0 Å². The van der Waals surface area contributed by atoms with E-state index in [1.165, 1.54) is 18.2 Å². The number of halogens is 3. The summed E-state index contributed by atoms with van der Waals surface area (Å²) in [5.74, 6) is -0.287. The van der Waals surface area contributed by atoms with Crippen molar-refractivity contribution in [3.63, 3.8) is 0 Å². The van der Waals surface area contributed by atoms with E-state index in [4.69, 9.17) is 4.74 Å². The van der Waals surface area contributed by atoms with Crippen LogP contribution in [0.1, 0.15) is 25.3 Å². The molecule has 0 aliphatic carbocycles. The molecule has 0 unspecified atom stereocenters. The molecule has 0 saturated carbocycles. The van der Waals surface area contributed by atoms with Crippen LogP contribution in [0.25, 0.3) is 0 Å². The van der Waals surface area contributed by atoms with E-state index in [2.05, 4.69) is 0 Å². The van der Waals surface area contributed by atoms with Crippen molar-refractivity contribution in [3.8, 4) is 5.75 Å². The Morgan fingerprint density at radius 1 is 1.35 bits per heavy atom. The van der Waals surface area contributed by atoms with Crippen molar-refractivity contribution in [2.75, 3.05) is 26.2 Å². The summed E-state index contributed by atoms with van der Waals surface area (Å²) < 4.78 is 43.7. The lowest BCUT2D eigenvalue weighted by molar-refractivity contribution is -0.139. The Morgan fingerprint density at radius 2 is 2.04 bits per heavy atom. The van der Waals surface area contributed by atoms with E-state index >= 15 is 0 Å². The number of hydrogen-bond donors (Lipinski definition) is 2. The molecule has 0 spiro atoms. The lowest BCUT2D eigenvalue weighted by atomic mass is 9.95. The van der Waals surface area contributed by atoms with Gasteiger partial charge in [-0.1, -0.05) is 12.1 Å². The number of ether oxygens (including phenoxy) is 1. The molecule has 0 radical (unpaired) electrons. The molecule has 1 aliphatic rings. The molecule has 1 aromatic carbocycles. The number of alkyl halides is 3. The molecule has 0 amide bonds. The Kier molecular flexibility index (Phi) is 5.54. The maximum absolute atomic E-state index is 12.9. The summed E-state index contributed by atoms with van der Waals surface area (Å²) in [6.45, 7) is 2.94. The molecule has 0 bridgehead atoms. The SMILES string of the molecule is C[C@@]1(O)CCCN(C[C@@H](O)COc2ccccc2C(F)(F)F)C1. The number of rotatable bonds is 5. The highest BCUT2D eigenvalue weighted by Gasteiger charge is 2.34. The van der Waals surface area contributed by atoms with E-state index in [1.807, 2.05) is 4.90 Å². The number of β-amino-alcohol motifs (C(OH)–C–C–N with tert-alkyl or cyclic N) is 2. The van der Waals surface area contributed by atoms with E-state index in [0.717, 1.165) is 19.0 Å². The third-order valence-corrected chi connectivity index (χ3v) is 3.85. The molecule has 2 atom stereocenters. The number of nitrogens with zero attached hydrogens (tertiary/aromatic N) is 1. The number of para-hydroxylation sites is 1. The molecule has 1 saturated heterocycles. The summed E-state index contributed by atoms with van der Waals surface area (Å²) >= 11 is 0. The summed E-state index contributed by atoms with van der Waals surface area (Å²) in [6.07, 6.45) is -3.90. The fourth-order valence-corrected chi connectivity index (χ4v) is 2.84. The zero-order chi connectivity index (χ0) is 17.1. The van der Waals surface area contributed by atoms with Crippen LogP contribution in [0.5, 0.6) is 5.75 Å². The fraction of sp³-hybridized carbons (Fsp3) is 0.625. The first-order chi connectivity index (χ1) is 10.7. The maximum Gasteiger partial charge on any atom is 0.419 e. The van der Waals surface area contributed by atoms with Gasteiger partial charge in [0, 0.05) is 13.1 Å². The molecular weight excluding hydrogens is 311 g/mol. The molecule has 4 nitrogen and oxygen atoms in total. The summed E-state index contributed by atoms with van der Waals surface area (Å²) in [5, 5.41) is 20.0. The minimum atomic E-state index is -4.49. The maximum atomic E-state index is 12.9. The Labute approximate surface area is 133 Å². The predicted molar refractivity (Wildman–Crippen MR) is 79.2 cm³/mol. The Bertz CT molecular complexity index is 520. The van der Waals surface area contributed by atoms with Crippen molar-refractivity contribution in [1.82, 2.24) is 4.90 Å². The number of likely N-dealkylation sites (tertiary alicyclic amines) is 1. The van der Waals surface area contributed by atoms with Crippen LogP contribution in [0.15, 0.2) is 24.3 Å². The fourth-order valence-electron chi connectivity index (χ4n) is 2.84. The second kappa shape index (κ2) is 7.07. The van der Waals surface area contributed by atoms with Crippen molar-refractivity contribution < 1.29 is 28.1 Å². The highest BCUT2D eigenvalue weighted by atomic mass is 19.4. The molecule has 1 aliphatic heterocycles. The standard InChI is InChI=1S/C16H22F3NO3/c1-15(22)7-4-8-20(11-15)9-12(21)10-23-14-6-3-2-5-13(14)16(17,18)19/h2-3,5-6,12,21-22H,4,7-11H2,1H3/t12-,15-/m1/s1. The smallest absolute Gasteiger partial charge is 0.419 e. The quantitative estimate of drug-likeness (QED) is 0.868. The molecular formula is C16H22F3NO3. The Morgan fingerprint density at radius 3 is 2.70 bits per heavy atom.